The quantitative estimate of drug-likeness (QED) is 0.844. The highest BCUT2D eigenvalue weighted by molar-refractivity contribution is 7.86. The van der Waals surface area contributed by atoms with Crippen LogP contribution in [0.25, 0.3) is 0 Å². The van der Waals surface area contributed by atoms with Crippen LogP contribution in [0.4, 0.5) is 0 Å². The highest BCUT2D eigenvalue weighted by Crippen LogP contribution is 2.25. The number of benzene rings is 1. The molecule has 5 heteroatoms. The van der Waals surface area contributed by atoms with E-state index in [2.05, 4.69) is 0 Å². The minimum absolute atomic E-state index is 0.0167. The Morgan fingerprint density at radius 1 is 1.18 bits per heavy atom. The molecule has 0 amide bonds. The summed E-state index contributed by atoms with van der Waals surface area (Å²) in [7, 11) is -3.74. The van der Waals surface area contributed by atoms with Gasteiger partial charge in [0.15, 0.2) is 0 Å². The predicted octanol–water partition coefficient (Wildman–Crippen LogP) is 2.43. The van der Waals surface area contributed by atoms with Crippen molar-refractivity contribution in [2.45, 2.75) is 43.1 Å². The van der Waals surface area contributed by atoms with Crippen molar-refractivity contribution in [3.63, 3.8) is 0 Å². The molecule has 4 nitrogen and oxygen atoms in total. The highest BCUT2D eigenvalue weighted by atomic mass is 32.2. The Hall–Kier alpha value is -1.07. The number of phenols is 1. The Kier molecular flexibility index (Phi) is 3.69. The van der Waals surface area contributed by atoms with Crippen LogP contribution in [0, 0.1) is 0 Å². The van der Waals surface area contributed by atoms with Gasteiger partial charge in [-0.05, 0) is 25.0 Å². The molecule has 0 aromatic heterocycles. The first-order valence-electron chi connectivity index (χ1n) is 5.80. The average Bonchev–Trinajstić information content (AvgIpc) is 2.30. The Balaban J connectivity index is 2.13. The van der Waals surface area contributed by atoms with Gasteiger partial charge in [-0.3, -0.25) is 4.18 Å². The van der Waals surface area contributed by atoms with Crippen LogP contribution < -0.4 is 0 Å². The van der Waals surface area contributed by atoms with Gasteiger partial charge in [-0.1, -0.05) is 25.3 Å². The molecule has 1 N–H and O–H groups in total. The molecule has 94 valence electrons. The largest absolute Gasteiger partial charge is 0.508 e. The standard InChI is InChI=1S/C12H16O4S/c13-10-5-4-8-12(9-10)17(14,15)16-11-6-2-1-3-7-11/h4-5,8-9,11,13H,1-3,6-7H2. The van der Waals surface area contributed by atoms with Crippen LogP contribution in [0.5, 0.6) is 5.75 Å². The van der Waals surface area contributed by atoms with E-state index in [0.717, 1.165) is 32.1 Å². The van der Waals surface area contributed by atoms with E-state index in [-0.39, 0.29) is 16.7 Å². The van der Waals surface area contributed by atoms with Crippen LogP contribution in [-0.2, 0) is 14.3 Å². The van der Waals surface area contributed by atoms with Crippen LogP contribution >= 0.6 is 0 Å². The molecule has 0 atom stereocenters. The van der Waals surface area contributed by atoms with Crippen molar-refractivity contribution < 1.29 is 17.7 Å². The van der Waals surface area contributed by atoms with Gasteiger partial charge in [-0.15, -0.1) is 0 Å². The molecule has 1 aromatic carbocycles. The lowest BCUT2D eigenvalue weighted by atomic mass is 9.98. The van der Waals surface area contributed by atoms with Crippen LogP contribution in [0.15, 0.2) is 29.2 Å². The van der Waals surface area contributed by atoms with Crippen molar-refractivity contribution in [3.8, 4) is 5.75 Å². The minimum atomic E-state index is -3.74. The lowest BCUT2D eigenvalue weighted by Gasteiger charge is -2.21. The summed E-state index contributed by atoms with van der Waals surface area (Å²) in [6, 6.07) is 5.56. The summed E-state index contributed by atoms with van der Waals surface area (Å²) in [6.07, 6.45) is 4.54. The lowest BCUT2D eigenvalue weighted by molar-refractivity contribution is 0.162. The Labute approximate surface area is 101 Å². The van der Waals surface area contributed by atoms with Gasteiger partial charge >= 0.3 is 0 Å². The molecule has 0 radical (unpaired) electrons. The number of hydrogen-bond donors (Lipinski definition) is 1. The van der Waals surface area contributed by atoms with E-state index in [9.17, 15) is 13.5 Å². The van der Waals surface area contributed by atoms with Crippen molar-refractivity contribution in [3.05, 3.63) is 24.3 Å². The predicted molar refractivity (Wildman–Crippen MR) is 63.3 cm³/mol. The van der Waals surface area contributed by atoms with Crippen molar-refractivity contribution in [1.29, 1.82) is 0 Å². The molecule has 1 aliphatic carbocycles. The van der Waals surface area contributed by atoms with Crippen LogP contribution in [0.3, 0.4) is 0 Å². The van der Waals surface area contributed by atoms with E-state index in [1.165, 1.54) is 24.3 Å². The third kappa shape index (κ3) is 3.20. The van der Waals surface area contributed by atoms with Gasteiger partial charge in [-0.25, -0.2) is 0 Å². The van der Waals surface area contributed by atoms with Gasteiger partial charge in [0.05, 0.1) is 11.0 Å². The van der Waals surface area contributed by atoms with E-state index in [1.54, 1.807) is 0 Å². The fraction of sp³-hybridized carbons (Fsp3) is 0.500. The summed E-state index contributed by atoms with van der Waals surface area (Å²) >= 11 is 0. The smallest absolute Gasteiger partial charge is 0.297 e. The average molecular weight is 256 g/mol. The molecule has 1 fully saturated rings. The third-order valence-corrected chi connectivity index (χ3v) is 4.28. The normalized spacial score (nSPS) is 18.1. The third-order valence-electron chi connectivity index (χ3n) is 2.92. The molecule has 1 saturated carbocycles. The maximum Gasteiger partial charge on any atom is 0.297 e. The van der Waals surface area contributed by atoms with E-state index in [1.807, 2.05) is 0 Å². The van der Waals surface area contributed by atoms with Crippen LogP contribution in [-0.4, -0.2) is 19.6 Å². The number of hydrogen-bond acceptors (Lipinski definition) is 4. The van der Waals surface area contributed by atoms with Crippen LogP contribution in [0.2, 0.25) is 0 Å². The molecule has 0 bridgehead atoms. The van der Waals surface area contributed by atoms with Gasteiger partial charge in [0.25, 0.3) is 10.1 Å². The topological polar surface area (TPSA) is 63.6 Å². The first kappa shape index (κ1) is 12.4. The van der Waals surface area contributed by atoms with Crippen LogP contribution in [0.1, 0.15) is 32.1 Å². The van der Waals surface area contributed by atoms with Crippen molar-refractivity contribution in [1.82, 2.24) is 0 Å². The first-order chi connectivity index (χ1) is 8.08. The molecule has 0 aliphatic heterocycles. The van der Waals surface area contributed by atoms with E-state index < -0.39 is 10.1 Å². The number of aromatic hydroxyl groups is 1. The molecule has 0 unspecified atom stereocenters. The van der Waals surface area contributed by atoms with E-state index in [0.29, 0.717) is 0 Å². The summed E-state index contributed by atoms with van der Waals surface area (Å²) < 4.78 is 29.0. The molecular formula is C12H16O4S. The summed E-state index contributed by atoms with van der Waals surface area (Å²) in [5.74, 6) is -0.0710. The van der Waals surface area contributed by atoms with Gasteiger partial charge in [0.1, 0.15) is 5.75 Å². The molecule has 0 saturated heterocycles. The molecule has 1 aromatic rings. The van der Waals surface area contributed by atoms with Gasteiger partial charge in [-0.2, -0.15) is 8.42 Å². The van der Waals surface area contributed by atoms with E-state index in [4.69, 9.17) is 4.18 Å². The fourth-order valence-corrected chi connectivity index (χ4v) is 3.21. The lowest BCUT2D eigenvalue weighted by Crippen LogP contribution is -2.21. The van der Waals surface area contributed by atoms with Gasteiger partial charge < -0.3 is 5.11 Å². The molecule has 1 aliphatic rings. The zero-order valence-electron chi connectivity index (χ0n) is 9.50. The Morgan fingerprint density at radius 3 is 2.53 bits per heavy atom. The van der Waals surface area contributed by atoms with Crippen molar-refractivity contribution in [2.75, 3.05) is 0 Å². The zero-order valence-corrected chi connectivity index (χ0v) is 10.3. The maximum atomic E-state index is 11.9. The summed E-state index contributed by atoms with van der Waals surface area (Å²) in [5, 5.41) is 9.26. The monoisotopic (exact) mass is 256 g/mol. The summed E-state index contributed by atoms with van der Waals surface area (Å²) in [6.45, 7) is 0. The summed E-state index contributed by atoms with van der Waals surface area (Å²) in [4.78, 5) is 0.0167. The van der Waals surface area contributed by atoms with Crippen molar-refractivity contribution >= 4 is 10.1 Å². The first-order valence-corrected chi connectivity index (χ1v) is 7.21. The highest BCUT2D eigenvalue weighted by Gasteiger charge is 2.23. The summed E-state index contributed by atoms with van der Waals surface area (Å²) in [5.41, 5.74) is 0. The number of rotatable bonds is 3. The molecule has 17 heavy (non-hydrogen) atoms. The van der Waals surface area contributed by atoms with E-state index >= 15 is 0 Å². The van der Waals surface area contributed by atoms with Crippen molar-refractivity contribution in [2.24, 2.45) is 0 Å². The molecule has 0 spiro atoms. The minimum Gasteiger partial charge on any atom is -0.508 e. The second-order valence-electron chi connectivity index (χ2n) is 4.31. The zero-order chi connectivity index (χ0) is 12.3. The number of phenolic OH excluding ortho intramolecular Hbond substituents is 1. The van der Waals surface area contributed by atoms with Gasteiger partial charge in [0.2, 0.25) is 0 Å². The second-order valence-corrected chi connectivity index (χ2v) is 5.88. The maximum absolute atomic E-state index is 11.9. The fourth-order valence-electron chi connectivity index (χ4n) is 2.04. The Morgan fingerprint density at radius 2 is 1.88 bits per heavy atom. The molecular weight excluding hydrogens is 240 g/mol. The molecule has 0 heterocycles. The second kappa shape index (κ2) is 5.06. The van der Waals surface area contributed by atoms with Gasteiger partial charge in [0, 0.05) is 6.07 Å². The molecule has 2 rings (SSSR count). The SMILES string of the molecule is O=S(=O)(OC1CCCCC1)c1cccc(O)c1. The Bertz CT molecular complexity index is 475.